The Kier molecular flexibility index (Phi) is 8.22. The van der Waals surface area contributed by atoms with E-state index in [4.69, 9.17) is 0 Å². The molecule has 3 aliphatic carbocycles. The lowest BCUT2D eigenvalue weighted by Gasteiger charge is -2.54. The van der Waals surface area contributed by atoms with Gasteiger partial charge in [0.2, 0.25) is 0 Å². The molecule has 158 valence electrons. The Hall–Kier alpha value is 0.0569. The normalized spacial score (nSPS) is 25.1. The van der Waals surface area contributed by atoms with Gasteiger partial charge in [-0.05, 0) is 52.4 Å². The maximum atomic E-state index is 4.15. The van der Waals surface area contributed by atoms with Crippen molar-refractivity contribution in [3.63, 3.8) is 0 Å². The Morgan fingerprint density at radius 2 is 0.889 bits per heavy atom. The third-order valence-electron chi connectivity index (χ3n) is 7.53. The van der Waals surface area contributed by atoms with E-state index in [0.717, 1.165) is 10.4 Å². The van der Waals surface area contributed by atoms with Gasteiger partial charge in [0.05, 0.1) is 15.9 Å². The van der Waals surface area contributed by atoms with Crippen molar-refractivity contribution < 1.29 is 0 Å². The molecule has 3 rings (SSSR count). The number of hydrogen-bond donors (Lipinski definition) is 4. The zero-order valence-corrected chi connectivity index (χ0v) is 20.3. The van der Waals surface area contributed by atoms with Crippen LogP contribution in [0.4, 0.5) is 0 Å². The molecule has 3 aliphatic rings. The largest absolute Gasteiger partial charge is 0.315 e. The second-order valence-corrected chi connectivity index (χ2v) is 10.6. The molecule has 4 nitrogen and oxygen atoms in total. The zero-order chi connectivity index (χ0) is 19.2. The van der Waals surface area contributed by atoms with Crippen molar-refractivity contribution >= 4 is 10.4 Å². The minimum atomic E-state index is -0.194. The van der Waals surface area contributed by atoms with E-state index in [2.05, 4.69) is 34.8 Å². The molecule has 0 saturated heterocycles. The first-order chi connectivity index (χ1) is 13.0. The molecule has 27 heavy (non-hydrogen) atoms. The summed E-state index contributed by atoms with van der Waals surface area (Å²) in [5.41, 5.74) is -0.0222. The molecule has 0 aromatic heterocycles. The van der Waals surface area contributed by atoms with Gasteiger partial charge in [0, 0.05) is 18.1 Å². The van der Waals surface area contributed by atoms with Crippen LogP contribution in [-0.2, 0) is 0 Å². The molecule has 3 fully saturated rings. The van der Waals surface area contributed by atoms with E-state index in [0.29, 0.717) is 18.1 Å². The lowest BCUT2D eigenvalue weighted by atomic mass is 9.85. The van der Waals surface area contributed by atoms with Crippen LogP contribution in [0.5, 0.6) is 0 Å². The van der Waals surface area contributed by atoms with Crippen LogP contribution < -0.4 is 20.9 Å². The molecule has 0 atom stereocenters. The van der Waals surface area contributed by atoms with Gasteiger partial charge in [-0.2, -0.15) is 0 Å². The van der Waals surface area contributed by atoms with Gasteiger partial charge in [-0.1, -0.05) is 57.8 Å². The predicted octanol–water partition coefficient (Wildman–Crippen LogP) is 3.06. The minimum absolute atomic E-state index is 0.0222. The summed E-state index contributed by atoms with van der Waals surface area (Å²) in [5.74, 6) is -0.194. The summed E-state index contributed by atoms with van der Waals surface area (Å²) in [7, 11) is 0.991. The van der Waals surface area contributed by atoms with Crippen LogP contribution in [0.25, 0.3) is 0 Å². The van der Waals surface area contributed by atoms with Crippen molar-refractivity contribution in [2.75, 3.05) is 0 Å². The molecule has 0 amide bonds. The first kappa shape index (κ1) is 21.8. The highest BCUT2D eigenvalue weighted by atomic mass is 28.2. The van der Waals surface area contributed by atoms with E-state index >= 15 is 0 Å². The molecule has 0 spiro atoms. The third-order valence-corrected chi connectivity index (χ3v) is 8.28. The van der Waals surface area contributed by atoms with Crippen molar-refractivity contribution in [2.24, 2.45) is 0 Å². The fourth-order valence-electron chi connectivity index (χ4n) is 5.83. The van der Waals surface area contributed by atoms with Crippen LogP contribution in [-0.4, -0.2) is 39.9 Å². The van der Waals surface area contributed by atoms with Crippen molar-refractivity contribution in [3.05, 3.63) is 0 Å². The van der Waals surface area contributed by atoms with Crippen LogP contribution >= 0.6 is 0 Å². The molecule has 0 radical (unpaired) electrons. The van der Waals surface area contributed by atoms with E-state index in [-0.39, 0.29) is 11.3 Å². The summed E-state index contributed by atoms with van der Waals surface area (Å²) in [6.07, 6.45) is 20.6. The summed E-state index contributed by atoms with van der Waals surface area (Å²) < 4.78 is 0. The summed E-state index contributed by atoms with van der Waals surface area (Å²) in [6.45, 7) is 4.86. The highest BCUT2D eigenvalue weighted by Crippen LogP contribution is 2.29. The van der Waals surface area contributed by atoms with Gasteiger partial charge in [-0.25, -0.2) is 0 Å². The molecular formula is C22H46N4Si. The Labute approximate surface area is 171 Å². The molecule has 0 heterocycles. The first-order valence-corrected chi connectivity index (χ1v) is 13.1. The summed E-state index contributed by atoms with van der Waals surface area (Å²) in [4.78, 5) is 3.89. The van der Waals surface area contributed by atoms with Crippen LogP contribution in [0.1, 0.15) is 110 Å². The van der Waals surface area contributed by atoms with E-state index in [9.17, 15) is 0 Å². The summed E-state index contributed by atoms with van der Waals surface area (Å²) >= 11 is 0. The van der Waals surface area contributed by atoms with E-state index in [1.807, 2.05) is 0 Å². The molecule has 0 unspecified atom stereocenters. The van der Waals surface area contributed by atoms with Crippen LogP contribution in [0.15, 0.2) is 0 Å². The standard InChI is InChI=1S/C22H46N4Si/c1-21(2,23-18-12-6-3-7-13-18)22(26-27,24-19-14-8-4-9-15-19)25-20-16-10-5-11-17-20/h18-20,23-26H,3-17H2,1-2,27H3. The first-order valence-electron chi connectivity index (χ1n) is 12.1. The van der Waals surface area contributed by atoms with E-state index in [1.54, 1.807) is 0 Å². The molecule has 0 aromatic rings. The van der Waals surface area contributed by atoms with Gasteiger partial charge in [0.1, 0.15) is 5.79 Å². The maximum Gasteiger partial charge on any atom is 0.135 e. The number of hydrogen-bond acceptors (Lipinski definition) is 4. The molecule has 5 heteroatoms. The van der Waals surface area contributed by atoms with Crippen LogP contribution in [0.3, 0.4) is 0 Å². The summed E-state index contributed by atoms with van der Waals surface area (Å²) in [5, 5.41) is 12.4. The average molecular weight is 395 g/mol. The Morgan fingerprint density at radius 1 is 0.556 bits per heavy atom. The quantitative estimate of drug-likeness (QED) is 0.377. The van der Waals surface area contributed by atoms with Gasteiger partial charge in [0.25, 0.3) is 0 Å². The molecule has 0 bridgehead atoms. The smallest absolute Gasteiger partial charge is 0.135 e. The van der Waals surface area contributed by atoms with E-state index in [1.165, 1.54) is 96.3 Å². The van der Waals surface area contributed by atoms with Crippen molar-refractivity contribution in [1.29, 1.82) is 0 Å². The maximum absolute atomic E-state index is 4.15. The van der Waals surface area contributed by atoms with Gasteiger partial charge < -0.3 is 10.3 Å². The second kappa shape index (κ2) is 10.2. The molecule has 0 aromatic carbocycles. The highest BCUT2D eigenvalue weighted by molar-refractivity contribution is 6.05. The monoisotopic (exact) mass is 394 g/mol. The van der Waals surface area contributed by atoms with Gasteiger partial charge in [0.15, 0.2) is 0 Å². The minimum Gasteiger partial charge on any atom is -0.315 e. The second-order valence-electron chi connectivity index (χ2n) is 10.1. The van der Waals surface area contributed by atoms with Gasteiger partial charge in [-0.3, -0.25) is 10.6 Å². The van der Waals surface area contributed by atoms with Crippen molar-refractivity contribution in [1.82, 2.24) is 20.9 Å². The van der Waals surface area contributed by atoms with Gasteiger partial charge in [-0.15, -0.1) is 0 Å². The SMILES string of the molecule is CC(C)(NC1CCCCC1)C(N[SiH3])(NC1CCCCC1)NC1CCCCC1. The fourth-order valence-corrected chi connectivity index (χ4v) is 6.74. The van der Waals surface area contributed by atoms with E-state index < -0.39 is 0 Å². The fraction of sp³-hybridized carbons (Fsp3) is 1.00. The lowest BCUT2D eigenvalue weighted by molar-refractivity contribution is 0.0505. The van der Waals surface area contributed by atoms with Crippen LogP contribution in [0.2, 0.25) is 0 Å². The molecule has 3 saturated carbocycles. The highest BCUT2D eigenvalue weighted by Gasteiger charge is 2.47. The predicted molar refractivity (Wildman–Crippen MR) is 120 cm³/mol. The molecule has 0 aliphatic heterocycles. The number of rotatable bonds is 8. The van der Waals surface area contributed by atoms with Gasteiger partial charge >= 0.3 is 0 Å². The average Bonchev–Trinajstić information content (AvgIpc) is 2.69. The topological polar surface area (TPSA) is 48.1 Å². The Morgan fingerprint density at radius 3 is 1.22 bits per heavy atom. The molecule has 4 N–H and O–H groups in total. The molecular weight excluding hydrogens is 348 g/mol. The zero-order valence-electron chi connectivity index (χ0n) is 18.3. The van der Waals surface area contributed by atoms with Crippen LogP contribution in [0, 0.1) is 0 Å². The lowest BCUT2D eigenvalue weighted by Crippen LogP contribution is -2.82. The Bertz CT molecular complexity index is 404. The summed E-state index contributed by atoms with van der Waals surface area (Å²) in [6, 6.07) is 1.96. The van der Waals surface area contributed by atoms with Crippen molar-refractivity contribution in [3.8, 4) is 0 Å². The third kappa shape index (κ3) is 5.78. The van der Waals surface area contributed by atoms with Crippen molar-refractivity contribution in [2.45, 2.75) is 140 Å². The number of nitrogens with one attached hydrogen (secondary N) is 4. The Balaban J connectivity index is 1.76.